The van der Waals surface area contributed by atoms with Crippen molar-refractivity contribution in [3.63, 3.8) is 0 Å². The van der Waals surface area contributed by atoms with Crippen LogP contribution in [0.3, 0.4) is 0 Å². The van der Waals surface area contributed by atoms with E-state index in [1.165, 1.54) is 0 Å². The fraction of sp³-hybridized carbons (Fsp3) is 0.417. The molecule has 6 nitrogen and oxygen atoms in total. The molecule has 0 saturated carbocycles. The van der Waals surface area contributed by atoms with Gasteiger partial charge in [0, 0.05) is 23.2 Å². The quantitative estimate of drug-likeness (QED) is 0.364. The van der Waals surface area contributed by atoms with E-state index in [2.05, 4.69) is 21.1 Å². The standard InChI is InChI=1S/C12H16BrN3O3S/c1-16(8-5-6-20(18,19)7-8)10-4-2-3-9(13)11(10)12(14)15-17/h2-4,8,17H,5-7H2,1H3,(H2,14,15). The first-order valence-electron chi connectivity index (χ1n) is 6.05. The number of sulfone groups is 1. The summed E-state index contributed by atoms with van der Waals surface area (Å²) in [5.74, 6) is 0.320. The first-order valence-corrected chi connectivity index (χ1v) is 8.67. The van der Waals surface area contributed by atoms with Crippen molar-refractivity contribution in [3.05, 3.63) is 28.2 Å². The fourth-order valence-corrected chi connectivity index (χ4v) is 4.72. The molecule has 1 unspecified atom stereocenters. The van der Waals surface area contributed by atoms with Crippen molar-refractivity contribution in [1.29, 1.82) is 0 Å². The molecule has 1 atom stereocenters. The largest absolute Gasteiger partial charge is 0.409 e. The predicted molar refractivity (Wildman–Crippen MR) is 82.1 cm³/mol. The predicted octanol–water partition coefficient (Wildman–Crippen LogP) is 1.17. The maximum atomic E-state index is 11.6. The molecule has 2 rings (SSSR count). The molecule has 3 N–H and O–H groups in total. The van der Waals surface area contributed by atoms with E-state index in [1.807, 2.05) is 24.1 Å². The van der Waals surface area contributed by atoms with Gasteiger partial charge in [-0.25, -0.2) is 8.42 Å². The van der Waals surface area contributed by atoms with Gasteiger partial charge in [-0.2, -0.15) is 0 Å². The van der Waals surface area contributed by atoms with Gasteiger partial charge in [0.05, 0.1) is 17.1 Å². The Bertz CT molecular complexity index is 645. The molecule has 1 aliphatic rings. The Morgan fingerprint density at radius 3 is 2.80 bits per heavy atom. The highest BCUT2D eigenvalue weighted by Crippen LogP contribution is 2.30. The van der Waals surface area contributed by atoms with Crippen LogP contribution in [0.15, 0.2) is 27.8 Å². The molecule has 0 aromatic heterocycles. The number of halogens is 1. The third kappa shape index (κ3) is 2.90. The maximum absolute atomic E-state index is 11.6. The summed E-state index contributed by atoms with van der Waals surface area (Å²) in [7, 11) is -1.14. The second kappa shape index (κ2) is 5.61. The molecule has 1 heterocycles. The minimum Gasteiger partial charge on any atom is -0.409 e. The SMILES string of the molecule is CN(c1cccc(Br)c1/C(N)=N/O)C1CCS(=O)(=O)C1. The van der Waals surface area contributed by atoms with Crippen molar-refractivity contribution in [2.75, 3.05) is 23.5 Å². The number of oxime groups is 1. The second-order valence-electron chi connectivity index (χ2n) is 4.79. The molecule has 8 heteroatoms. The van der Waals surface area contributed by atoms with Gasteiger partial charge in [0.1, 0.15) is 0 Å². The first-order chi connectivity index (χ1) is 9.35. The smallest absolute Gasteiger partial charge is 0.173 e. The van der Waals surface area contributed by atoms with Crippen LogP contribution in [0.4, 0.5) is 5.69 Å². The zero-order chi connectivity index (χ0) is 14.9. The van der Waals surface area contributed by atoms with Gasteiger partial charge in [0.25, 0.3) is 0 Å². The lowest BCUT2D eigenvalue weighted by Gasteiger charge is -2.28. The summed E-state index contributed by atoms with van der Waals surface area (Å²) < 4.78 is 23.9. The summed E-state index contributed by atoms with van der Waals surface area (Å²) in [6.07, 6.45) is 0.584. The van der Waals surface area contributed by atoms with Crippen molar-refractivity contribution < 1.29 is 13.6 Å². The molecule has 1 fully saturated rings. The first kappa shape index (κ1) is 15.1. The average Bonchev–Trinajstić information content (AvgIpc) is 2.77. The Labute approximate surface area is 126 Å². The van der Waals surface area contributed by atoms with Crippen molar-refractivity contribution in [2.24, 2.45) is 10.9 Å². The van der Waals surface area contributed by atoms with Crippen LogP contribution in [0.5, 0.6) is 0 Å². The number of amidine groups is 1. The van der Waals surface area contributed by atoms with Gasteiger partial charge in [-0.15, -0.1) is 0 Å². The van der Waals surface area contributed by atoms with Crippen LogP contribution >= 0.6 is 15.9 Å². The van der Waals surface area contributed by atoms with Gasteiger partial charge in [0.2, 0.25) is 0 Å². The summed E-state index contributed by atoms with van der Waals surface area (Å²) in [5.41, 5.74) is 7.00. The van der Waals surface area contributed by atoms with Crippen LogP contribution in [0.2, 0.25) is 0 Å². The molecule has 1 aromatic rings. The summed E-state index contributed by atoms with van der Waals surface area (Å²) >= 11 is 3.37. The lowest BCUT2D eigenvalue weighted by Crippen LogP contribution is -2.34. The molecule has 1 aliphatic heterocycles. The molecule has 110 valence electrons. The van der Waals surface area contributed by atoms with Crippen molar-refractivity contribution in [2.45, 2.75) is 12.5 Å². The van der Waals surface area contributed by atoms with Gasteiger partial charge in [-0.1, -0.05) is 11.2 Å². The van der Waals surface area contributed by atoms with Crippen LogP contribution in [-0.2, 0) is 9.84 Å². The lowest BCUT2D eigenvalue weighted by atomic mass is 10.1. The summed E-state index contributed by atoms with van der Waals surface area (Å²) in [6, 6.07) is 5.34. The molecule has 0 aliphatic carbocycles. The highest BCUT2D eigenvalue weighted by molar-refractivity contribution is 9.10. The molecule has 1 saturated heterocycles. The van der Waals surface area contributed by atoms with Crippen LogP contribution < -0.4 is 10.6 Å². The van der Waals surface area contributed by atoms with E-state index in [4.69, 9.17) is 10.9 Å². The van der Waals surface area contributed by atoms with Crippen molar-refractivity contribution >= 4 is 37.3 Å². The van der Waals surface area contributed by atoms with E-state index in [1.54, 1.807) is 6.07 Å². The fourth-order valence-electron chi connectivity index (χ4n) is 2.39. The molecule has 0 radical (unpaired) electrons. The molecule has 1 aromatic carbocycles. The summed E-state index contributed by atoms with van der Waals surface area (Å²) in [6.45, 7) is 0. The maximum Gasteiger partial charge on any atom is 0.173 e. The zero-order valence-electron chi connectivity index (χ0n) is 11.0. The Morgan fingerprint density at radius 1 is 1.55 bits per heavy atom. The van der Waals surface area contributed by atoms with E-state index in [0.717, 1.165) is 5.69 Å². The second-order valence-corrected chi connectivity index (χ2v) is 7.87. The van der Waals surface area contributed by atoms with Crippen molar-refractivity contribution in [3.8, 4) is 0 Å². The highest BCUT2D eigenvalue weighted by atomic mass is 79.9. The average molecular weight is 362 g/mol. The van der Waals surface area contributed by atoms with Gasteiger partial charge >= 0.3 is 0 Å². The number of nitrogens with two attached hydrogens (primary N) is 1. The van der Waals surface area contributed by atoms with Crippen molar-refractivity contribution in [1.82, 2.24) is 0 Å². The normalized spacial score (nSPS) is 21.9. The molecular formula is C12H16BrN3O3S. The minimum absolute atomic E-state index is 0.0137. The highest BCUT2D eigenvalue weighted by Gasteiger charge is 2.32. The Hall–Kier alpha value is -1.28. The number of benzene rings is 1. The molecule has 0 bridgehead atoms. The lowest BCUT2D eigenvalue weighted by molar-refractivity contribution is 0.318. The zero-order valence-corrected chi connectivity index (χ0v) is 13.4. The Kier molecular flexibility index (Phi) is 4.24. The third-order valence-electron chi connectivity index (χ3n) is 3.49. The Morgan fingerprint density at radius 2 is 2.25 bits per heavy atom. The van der Waals surface area contributed by atoms with Crippen LogP contribution in [-0.4, -0.2) is 44.1 Å². The number of nitrogens with zero attached hydrogens (tertiary/aromatic N) is 2. The van der Waals surface area contributed by atoms with Crippen LogP contribution in [0.1, 0.15) is 12.0 Å². The molecule has 0 spiro atoms. The number of hydrogen-bond acceptors (Lipinski definition) is 5. The van der Waals surface area contributed by atoms with E-state index in [0.29, 0.717) is 16.5 Å². The topological polar surface area (TPSA) is 96.0 Å². The summed E-state index contributed by atoms with van der Waals surface area (Å²) in [4.78, 5) is 1.88. The Balaban J connectivity index is 2.40. The number of hydrogen-bond donors (Lipinski definition) is 2. The van der Waals surface area contributed by atoms with Gasteiger partial charge in [-0.05, 0) is 34.5 Å². The van der Waals surface area contributed by atoms with E-state index in [9.17, 15) is 8.42 Å². The van der Waals surface area contributed by atoms with Gasteiger partial charge in [0.15, 0.2) is 15.7 Å². The monoisotopic (exact) mass is 361 g/mol. The van der Waals surface area contributed by atoms with Gasteiger partial charge in [-0.3, -0.25) is 0 Å². The number of anilines is 1. The number of rotatable bonds is 3. The van der Waals surface area contributed by atoms with E-state index in [-0.39, 0.29) is 23.4 Å². The third-order valence-corrected chi connectivity index (χ3v) is 5.90. The van der Waals surface area contributed by atoms with Gasteiger partial charge < -0.3 is 15.8 Å². The van der Waals surface area contributed by atoms with E-state index >= 15 is 0 Å². The molecule has 0 amide bonds. The van der Waals surface area contributed by atoms with Crippen LogP contribution in [0.25, 0.3) is 0 Å². The van der Waals surface area contributed by atoms with E-state index < -0.39 is 9.84 Å². The van der Waals surface area contributed by atoms with Crippen LogP contribution in [0, 0.1) is 0 Å². The molecule has 20 heavy (non-hydrogen) atoms. The minimum atomic E-state index is -2.96. The summed E-state index contributed by atoms with van der Waals surface area (Å²) in [5, 5.41) is 11.9. The molecular weight excluding hydrogens is 346 g/mol.